The number of carbonyl (C=O) groups excluding carboxylic acids is 2. The fraction of sp³-hybridized carbons (Fsp3) is 0.500. The third-order valence-corrected chi connectivity index (χ3v) is 9.05. The third kappa shape index (κ3) is 6.19. The number of hydrogen-bond donors (Lipinski definition) is 0. The molecule has 188 valence electrons. The Hall–Kier alpha value is -2.51. The van der Waals surface area contributed by atoms with E-state index in [2.05, 4.69) is 13.8 Å². The van der Waals surface area contributed by atoms with Crippen LogP contribution < -0.4 is 0 Å². The zero-order valence-electron chi connectivity index (χ0n) is 20.6. The molecule has 0 bridgehead atoms. The van der Waals surface area contributed by atoms with E-state index in [9.17, 15) is 18.0 Å². The summed E-state index contributed by atoms with van der Waals surface area (Å²) in [6.07, 6.45) is 7.21. The lowest BCUT2D eigenvalue weighted by molar-refractivity contribution is 0.0474. The third-order valence-electron chi connectivity index (χ3n) is 7.21. The maximum atomic E-state index is 13.0. The number of nitrogens with zero attached hydrogens (tertiary/aromatic N) is 1. The van der Waals surface area contributed by atoms with Crippen molar-refractivity contribution >= 4 is 21.8 Å². The molecule has 4 rings (SSSR count). The van der Waals surface area contributed by atoms with Crippen molar-refractivity contribution in [3.05, 3.63) is 65.2 Å². The second kappa shape index (κ2) is 11.0. The van der Waals surface area contributed by atoms with Gasteiger partial charge in [-0.3, -0.25) is 4.79 Å². The molecular weight excluding hydrogens is 462 g/mol. The summed E-state index contributed by atoms with van der Waals surface area (Å²) in [6, 6.07) is 13.4. The highest BCUT2D eigenvalue weighted by Crippen LogP contribution is 2.32. The van der Waals surface area contributed by atoms with Gasteiger partial charge in [0.2, 0.25) is 10.0 Å². The van der Waals surface area contributed by atoms with Crippen molar-refractivity contribution in [2.24, 2.45) is 11.8 Å². The average Bonchev–Trinajstić information content (AvgIpc) is 2.87. The summed E-state index contributed by atoms with van der Waals surface area (Å²) >= 11 is 0. The molecule has 0 amide bonds. The van der Waals surface area contributed by atoms with Crippen LogP contribution in [0, 0.1) is 11.8 Å². The summed E-state index contributed by atoms with van der Waals surface area (Å²) in [7, 11) is -3.62. The van der Waals surface area contributed by atoms with E-state index in [1.54, 1.807) is 0 Å². The van der Waals surface area contributed by atoms with Crippen LogP contribution in [0.2, 0.25) is 0 Å². The largest absolute Gasteiger partial charge is 0.454 e. The van der Waals surface area contributed by atoms with Crippen molar-refractivity contribution in [3.63, 3.8) is 0 Å². The van der Waals surface area contributed by atoms with E-state index < -0.39 is 16.0 Å². The quantitative estimate of drug-likeness (QED) is 0.376. The second-order valence-electron chi connectivity index (χ2n) is 10.2. The molecule has 2 aromatic carbocycles. The number of ether oxygens (including phenoxy) is 1. The molecule has 7 heteroatoms. The minimum Gasteiger partial charge on any atom is -0.454 e. The van der Waals surface area contributed by atoms with Gasteiger partial charge in [0.15, 0.2) is 12.4 Å². The predicted molar refractivity (Wildman–Crippen MR) is 135 cm³/mol. The number of carbonyl (C=O) groups is 2. The van der Waals surface area contributed by atoms with Gasteiger partial charge < -0.3 is 4.74 Å². The lowest BCUT2D eigenvalue weighted by atomic mass is 9.84. The molecule has 2 fully saturated rings. The van der Waals surface area contributed by atoms with Gasteiger partial charge in [-0.2, -0.15) is 4.31 Å². The van der Waals surface area contributed by atoms with E-state index >= 15 is 0 Å². The predicted octanol–water partition coefficient (Wildman–Crippen LogP) is 5.44. The Labute approximate surface area is 208 Å². The van der Waals surface area contributed by atoms with Crippen LogP contribution in [0.25, 0.3) is 0 Å². The van der Waals surface area contributed by atoms with Gasteiger partial charge in [0, 0.05) is 18.7 Å². The molecule has 1 heterocycles. The first kappa shape index (κ1) is 25.6. The molecule has 35 heavy (non-hydrogen) atoms. The lowest BCUT2D eigenvalue weighted by Gasteiger charge is -2.34. The number of esters is 1. The molecule has 2 aromatic rings. The topological polar surface area (TPSA) is 80.8 Å². The number of benzene rings is 2. The van der Waals surface area contributed by atoms with Gasteiger partial charge in [0.05, 0.1) is 10.5 Å². The normalized spacial score (nSPS) is 22.0. The Bertz CT molecular complexity index is 1120. The van der Waals surface area contributed by atoms with Crippen molar-refractivity contribution in [2.75, 3.05) is 19.7 Å². The molecule has 6 nitrogen and oxygen atoms in total. The summed E-state index contributed by atoms with van der Waals surface area (Å²) in [6.45, 7) is 4.76. The zero-order chi connectivity index (χ0) is 25.0. The molecule has 1 saturated carbocycles. The van der Waals surface area contributed by atoms with Crippen molar-refractivity contribution in [3.8, 4) is 0 Å². The Kier molecular flexibility index (Phi) is 8.07. The van der Waals surface area contributed by atoms with E-state index in [4.69, 9.17) is 4.74 Å². The number of ketones is 1. The van der Waals surface area contributed by atoms with Crippen LogP contribution in [0.15, 0.2) is 53.4 Å². The van der Waals surface area contributed by atoms with Crippen LogP contribution in [-0.2, 0) is 14.8 Å². The molecule has 2 unspecified atom stereocenters. The standard InChI is InChI=1S/C28H35NO5S/c1-20-16-21(2)18-29(17-20)35(32,33)26-14-12-25(13-15-26)28(31)34-19-27(30)24-10-8-23(9-11-24)22-6-4-3-5-7-22/h8-15,20-22H,3-7,16-19H2,1-2H3. The SMILES string of the molecule is CC1CC(C)CN(S(=O)(=O)c2ccc(C(=O)OCC(=O)c3ccc(C4CCCCC4)cc3)cc2)C1. The summed E-state index contributed by atoms with van der Waals surface area (Å²) < 4.78 is 32.8. The molecule has 0 spiro atoms. The molecule has 0 aromatic heterocycles. The maximum absolute atomic E-state index is 13.0. The van der Waals surface area contributed by atoms with Crippen LogP contribution in [0.3, 0.4) is 0 Å². The highest BCUT2D eigenvalue weighted by molar-refractivity contribution is 7.89. The Morgan fingerprint density at radius 2 is 1.43 bits per heavy atom. The molecule has 1 aliphatic carbocycles. The molecule has 2 atom stereocenters. The molecule has 1 aliphatic heterocycles. The van der Waals surface area contributed by atoms with Crippen molar-refractivity contribution < 1.29 is 22.7 Å². The van der Waals surface area contributed by atoms with Crippen molar-refractivity contribution in [2.45, 2.75) is 63.2 Å². The van der Waals surface area contributed by atoms with E-state index in [1.165, 1.54) is 66.2 Å². The average molecular weight is 498 g/mol. The van der Waals surface area contributed by atoms with E-state index in [0.29, 0.717) is 36.4 Å². The van der Waals surface area contributed by atoms with E-state index in [0.717, 1.165) is 6.42 Å². The highest BCUT2D eigenvalue weighted by atomic mass is 32.2. The van der Waals surface area contributed by atoms with Crippen LogP contribution in [0.1, 0.15) is 84.6 Å². The minimum atomic E-state index is -3.62. The zero-order valence-corrected chi connectivity index (χ0v) is 21.4. The van der Waals surface area contributed by atoms with E-state index in [1.807, 2.05) is 24.3 Å². The molecule has 0 radical (unpaired) electrons. The second-order valence-corrected chi connectivity index (χ2v) is 12.2. The first-order valence-corrected chi connectivity index (χ1v) is 14.1. The van der Waals surface area contributed by atoms with Crippen molar-refractivity contribution in [1.82, 2.24) is 4.31 Å². The van der Waals surface area contributed by atoms with Crippen LogP contribution in [0.5, 0.6) is 0 Å². The lowest BCUT2D eigenvalue weighted by Crippen LogP contribution is -2.42. The first-order valence-electron chi connectivity index (χ1n) is 12.6. The summed E-state index contributed by atoms with van der Waals surface area (Å²) in [5, 5.41) is 0. The Morgan fingerprint density at radius 3 is 2.03 bits per heavy atom. The molecule has 2 aliphatic rings. The maximum Gasteiger partial charge on any atom is 0.338 e. The number of rotatable bonds is 7. The molecular formula is C28H35NO5S. The molecule has 1 saturated heterocycles. The van der Waals surface area contributed by atoms with Gasteiger partial charge in [0.1, 0.15) is 0 Å². The Morgan fingerprint density at radius 1 is 0.857 bits per heavy atom. The van der Waals surface area contributed by atoms with Gasteiger partial charge >= 0.3 is 5.97 Å². The van der Waals surface area contributed by atoms with E-state index in [-0.39, 0.29) is 22.8 Å². The van der Waals surface area contributed by atoms with Gasteiger partial charge in [-0.25, -0.2) is 13.2 Å². The van der Waals surface area contributed by atoms with Crippen LogP contribution in [0.4, 0.5) is 0 Å². The number of Topliss-reactive ketones (excluding diaryl/α,β-unsaturated/α-hetero) is 1. The monoisotopic (exact) mass is 497 g/mol. The minimum absolute atomic E-state index is 0.157. The fourth-order valence-electron chi connectivity index (χ4n) is 5.39. The van der Waals surface area contributed by atoms with Gasteiger partial charge in [-0.05, 0) is 66.8 Å². The van der Waals surface area contributed by atoms with Crippen molar-refractivity contribution in [1.29, 1.82) is 0 Å². The van der Waals surface area contributed by atoms with Gasteiger partial charge in [-0.1, -0.05) is 57.4 Å². The van der Waals surface area contributed by atoms with Gasteiger partial charge in [0.25, 0.3) is 0 Å². The first-order chi connectivity index (χ1) is 16.7. The summed E-state index contributed by atoms with van der Waals surface area (Å²) in [5.41, 5.74) is 2.00. The summed E-state index contributed by atoms with van der Waals surface area (Å²) in [4.78, 5) is 25.1. The summed E-state index contributed by atoms with van der Waals surface area (Å²) in [5.74, 6) is 0.272. The Balaban J connectivity index is 1.33. The van der Waals surface area contributed by atoms with Crippen LogP contribution in [-0.4, -0.2) is 44.2 Å². The van der Waals surface area contributed by atoms with Gasteiger partial charge in [-0.15, -0.1) is 0 Å². The fourth-order valence-corrected chi connectivity index (χ4v) is 7.07. The smallest absolute Gasteiger partial charge is 0.338 e. The molecule has 0 N–H and O–H groups in total. The number of piperidine rings is 1. The van der Waals surface area contributed by atoms with Crippen LogP contribution >= 0.6 is 0 Å². The number of hydrogen-bond acceptors (Lipinski definition) is 5. The number of sulfonamides is 1. The highest BCUT2D eigenvalue weighted by Gasteiger charge is 2.31.